The van der Waals surface area contributed by atoms with E-state index in [0.29, 0.717) is 0 Å². The monoisotopic (exact) mass is 310 g/mol. The van der Waals surface area contributed by atoms with Gasteiger partial charge in [0.2, 0.25) is 0 Å². The van der Waals surface area contributed by atoms with E-state index >= 15 is 0 Å². The smallest absolute Gasteiger partial charge is 0.0849 e. The van der Waals surface area contributed by atoms with Gasteiger partial charge in [0.15, 0.2) is 0 Å². The highest BCUT2D eigenvalue weighted by Gasteiger charge is 2.10. The van der Waals surface area contributed by atoms with Gasteiger partial charge in [-0.1, -0.05) is 12.1 Å². The Kier molecular flexibility index (Phi) is 5.03. The van der Waals surface area contributed by atoms with Crippen molar-refractivity contribution in [2.75, 3.05) is 17.3 Å². The first-order valence-electron chi connectivity index (χ1n) is 8.36. The van der Waals surface area contributed by atoms with E-state index in [-0.39, 0.29) is 0 Å². The van der Waals surface area contributed by atoms with Gasteiger partial charge in [-0.25, -0.2) is 0 Å². The van der Waals surface area contributed by atoms with E-state index in [1.54, 1.807) is 0 Å². The van der Waals surface area contributed by atoms with Crippen molar-refractivity contribution in [2.45, 2.75) is 55.4 Å². The van der Waals surface area contributed by atoms with Crippen LogP contribution in [0.1, 0.15) is 44.5 Å². The third kappa shape index (κ3) is 3.36. The first kappa shape index (κ1) is 17.4. The molecule has 0 atom stereocenters. The second kappa shape index (κ2) is 6.66. The minimum atomic E-state index is 0.731. The summed E-state index contributed by atoms with van der Waals surface area (Å²) in [5, 5.41) is 7.15. The van der Waals surface area contributed by atoms with Crippen LogP contribution in [-0.4, -0.2) is 6.67 Å². The van der Waals surface area contributed by atoms with Crippen molar-refractivity contribution in [3.63, 3.8) is 0 Å². The molecular formula is C21H30N2. The Morgan fingerprint density at radius 2 is 0.870 bits per heavy atom. The zero-order valence-corrected chi connectivity index (χ0v) is 15.9. The molecule has 2 heteroatoms. The van der Waals surface area contributed by atoms with Crippen molar-refractivity contribution in [1.29, 1.82) is 0 Å². The van der Waals surface area contributed by atoms with Crippen LogP contribution in [-0.2, 0) is 0 Å². The second-order valence-corrected chi connectivity index (χ2v) is 6.80. The lowest BCUT2D eigenvalue weighted by Gasteiger charge is -2.20. The molecule has 0 bridgehead atoms. The summed E-state index contributed by atoms with van der Waals surface area (Å²) in [7, 11) is 0. The zero-order chi connectivity index (χ0) is 17.3. The van der Waals surface area contributed by atoms with E-state index < -0.39 is 0 Å². The lowest BCUT2D eigenvalue weighted by molar-refractivity contribution is 1.13. The number of hydrogen-bond donors (Lipinski definition) is 2. The summed E-state index contributed by atoms with van der Waals surface area (Å²) in [4.78, 5) is 0. The maximum Gasteiger partial charge on any atom is 0.0849 e. The summed E-state index contributed by atoms with van der Waals surface area (Å²) in [6, 6.07) is 4.52. The Labute approximate surface area is 141 Å². The van der Waals surface area contributed by atoms with E-state index in [1.807, 2.05) is 0 Å². The Hall–Kier alpha value is -1.96. The molecular weight excluding hydrogens is 280 g/mol. The van der Waals surface area contributed by atoms with Crippen LogP contribution in [0.5, 0.6) is 0 Å². The lowest BCUT2D eigenvalue weighted by atomic mass is 9.98. The number of anilines is 2. The van der Waals surface area contributed by atoms with Gasteiger partial charge in [-0.2, -0.15) is 0 Å². The van der Waals surface area contributed by atoms with Crippen molar-refractivity contribution < 1.29 is 0 Å². The molecule has 0 aromatic heterocycles. The number of benzene rings is 2. The van der Waals surface area contributed by atoms with Crippen LogP contribution < -0.4 is 10.6 Å². The Balaban J connectivity index is 2.19. The van der Waals surface area contributed by atoms with Crippen molar-refractivity contribution in [1.82, 2.24) is 0 Å². The largest absolute Gasteiger partial charge is 0.368 e. The van der Waals surface area contributed by atoms with Gasteiger partial charge in [-0.3, -0.25) is 0 Å². The highest BCUT2D eigenvalue weighted by molar-refractivity contribution is 5.64. The SMILES string of the molecule is Cc1cc(C)c(NCNc2c(C)cc(C)c(C)c2C)c(C)c1C. The fraction of sp³-hybridized carbons (Fsp3) is 0.429. The molecule has 0 aliphatic rings. The standard InChI is InChI=1S/C21H30N2/c1-12-9-14(3)20(18(7)16(12)5)22-11-23-21-15(4)10-13(2)17(6)19(21)8/h9-10,22-23H,11H2,1-8H3. The second-order valence-electron chi connectivity index (χ2n) is 6.80. The number of aryl methyl sites for hydroxylation is 4. The summed E-state index contributed by atoms with van der Waals surface area (Å²) in [6.07, 6.45) is 0. The lowest BCUT2D eigenvalue weighted by Crippen LogP contribution is -2.16. The van der Waals surface area contributed by atoms with Gasteiger partial charge in [0.1, 0.15) is 0 Å². The van der Waals surface area contributed by atoms with Crippen molar-refractivity contribution in [3.05, 3.63) is 56.6 Å². The van der Waals surface area contributed by atoms with Crippen LogP contribution >= 0.6 is 0 Å². The summed E-state index contributed by atoms with van der Waals surface area (Å²) in [6.45, 7) is 18.2. The highest BCUT2D eigenvalue weighted by atomic mass is 15.1. The summed E-state index contributed by atoms with van der Waals surface area (Å²) >= 11 is 0. The minimum absolute atomic E-state index is 0.731. The molecule has 2 aromatic rings. The molecule has 0 saturated carbocycles. The van der Waals surface area contributed by atoms with Crippen LogP contribution in [0.15, 0.2) is 12.1 Å². The molecule has 0 unspecified atom stereocenters. The Morgan fingerprint density at radius 3 is 1.22 bits per heavy atom. The van der Waals surface area contributed by atoms with Gasteiger partial charge in [0.05, 0.1) is 6.67 Å². The molecule has 0 aliphatic heterocycles. The van der Waals surface area contributed by atoms with Crippen molar-refractivity contribution in [2.24, 2.45) is 0 Å². The van der Waals surface area contributed by atoms with Crippen molar-refractivity contribution in [3.8, 4) is 0 Å². The first-order valence-corrected chi connectivity index (χ1v) is 8.36. The molecule has 0 amide bonds. The molecule has 2 nitrogen and oxygen atoms in total. The Bertz CT molecular complexity index is 679. The van der Waals surface area contributed by atoms with E-state index in [4.69, 9.17) is 0 Å². The number of hydrogen-bond acceptors (Lipinski definition) is 2. The normalized spacial score (nSPS) is 10.8. The van der Waals surface area contributed by atoms with E-state index in [9.17, 15) is 0 Å². The summed E-state index contributed by atoms with van der Waals surface area (Å²) in [5.41, 5.74) is 13.3. The zero-order valence-electron chi connectivity index (χ0n) is 15.9. The fourth-order valence-corrected chi connectivity index (χ4v) is 3.33. The molecule has 124 valence electrons. The molecule has 23 heavy (non-hydrogen) atoms. The predicted molar refractivity (Wildman–Crippen MR) is 103 cm³/mol. The van der Waals surface area contributed by atoms with E-state index in [1.165, 1.54) is 55.9 Å². The molecule has 0 aliphatic carbocycles. The van der Waals surface area contributed by atoms with Crippen LogP contribution in [0.2, 0.25) is 0 Å². The molecule has 0 saturated heterocycles. The number of nitrogens with one attached hydrogen (secondary N) is 2. The fourth-order valence-electron chi connectivity index (χ4n) is 3.33. The number of rotatable bonds is 4. The molecule has 0 fully saturated rings. The van der Waals surface area contributed by atoms with Crippen LogP contribution in [0.4, 0.5) is 11.4 Å². The summed E-state index contributed by atoms with van der Waals surface area (Å²) in [5.74, 6) is 0. The van der Waals surface area contributed by atoms with E-state index in [0.717, 1.165) is 6.67 Å². The maximum absolute atomic E-state index is 3.58. The molecule has 2 aromatic carbocycles. The third-order valence-corrected chi connectivity index (χ3v) is 5.24. The van der Waals surface area contributed by atoms with Gasteiger partial charge in [-0.05, 0) is 99.9 Å². The molecule has 2 rings (SSSR count). The quantitative estimate of drug-likeness (QED) is 0.715. The average molecular weight is 310 g/mol. The van der Waals surface area contributed by atoms with Crippen LogP contribution in [0, 0.1) is 55.4 Å². The van der Waals surface area contributed by atoms with Gasteiger partial charge < -0.3 is 10.6 Å². The Morgan fingerprint density at radius 1 is 0.522 bits per heavy atom. The molecule has 2 N–H and O–H groups in total. The van der Waals surface area contributed by atoms with Gasteiger partial charge in [-0.15, -0.1) is 0 Å². The molecule has 0 heterocycles. The summed E-state index contributed by atoms with van der Waals surface area (Å²) < 4.78 is 0. The minimum Gasteiger partial charge on any atom is -0.368 e. The predicted octanol–water partition coefficient (Wildman–Crippen LogP) is 5.64. The van der Waals surface area contributed by atoms with Crippen LogP contribution in [0.3, 0.4) is 0 Å². The van der Waals surface area contributed by atoms with Crippen LogP contribution in [0.25, 0.3) is 0 Å². The molecule has 0 radical (unpaired) electrons. The maximum atomic E-state index is 3.58. The topological polar surface area (TPSA) is 24.1 Å². The van der Waals surface area contributed by atoms with Gasteiger partial charge in [0, 0.05) is 11.4 Å². The van der Waals surface area contributed by atoms with E-state index in [2.05, 4.69) is 78.2 Å². The molecule has 0 spiro atoms. The first-order chi connectivity index (χ1) is 10.7. The van der Waals surface area contributed by atoms with Gasteiger partial charge in [0.25, 0.3) is 0 Å². The average Bonchev–Trinajstić information content (AvgIpc) is 2.49. The third-order valence-electron chi connectivity index (χ3n) is 5.24. The van der Waals surface area contributed by atoms with Gasteiger partial charge >= 0.3 is 0 Å². The van der Waals surface area contributed by atoms with Crippen molar-refractivity contribution >= 4 is 11.4 Å². The highest BCUT2D eigenvalue weighted by Crippen LogP contribution is 2.28.